The minimum absolute atomic E-state index is 0.0576. The van der Waals surface area contributed by atoms with Gasteiger partial charge >= 0.3 is 11.9 Å². The topological polar surface area (TPSA) is 166 Å². The van der Waals surface area contributed by atoms with Gasteiger partial charge in [0.2, 0.25) is 0 Å². The number of hydrogen-bond donors (Lipinski definition) is 1. The highest BCUT2D eigenvalue weighted by molar-refractivity contribution is 6.32. The smallest absolute Gasteiger partial charge is 0.360 e. The highest BCUT2D eigenvalue weighted by Crippen LogP contribution is 2.20. The molecule has 0 atom stereocenters. The zero-order chi connectivity index (χ0) is 38.2. The van der Waals surface area contributed by atoms with Crippen molar-refractivity contribution in [3.05, 3.63) is 95.0 Å². The lowest BCUT2D eigenvalue weighted by Crippen LogP contribution is -2.19. The van der Waals surface area contributed by atoms with Crippen molar-refractivity contribution in [1.82, 2.24) is 35.2 Å². The van der Waals surface area contributed by atoms with Crippen LogP contribution in [0.2, 0.25) is 5.15 Å². The third-order valence-electron chi connectivity index (χ3n) is 6.55. The zero-order valence-corrected chi connectivity index (χ0v) is 31.2. The Morgan fingerprint density at radius 2 is 0.962 bits per heavy atom. The third kappa shape index (κ3) is 10.8. The Kier molecular flexibility index (Phi) is 15.7. The van der Waals surface area contributed by atoms with E-state index in [1.54, 1.807) is 35.8 Å². The lowest BCUT2D eigenvalue weighted by atomic mass is 10.2. The molecule has 3 aromatic heterocycles. The second-order valence-electron chi connectivity index (χ2n) is 11.0. The van der Waals surface area contributed by atoms with Crippen LogP contribution < -0.4 is 15.1 Å². The molecular weight excluding hydrogens is 686 g/mol. The number of rotatable bonds is 7. The highest BCUT2D eigenvalue weighted by atomic mass is 35.5. The summed E-state index contributed by atoms with van der Waals surface area (Å²) in [5.74, 6) is 0.126. The summed E-state index contributed by atoms with van der Waals surface area (Å²) in [6.07, 6.45) is 0.731. The van der Waals surface area contributed by atoms with Gasteiger partial charge in [0.1, 0.15) is 5.69 Å². The molecule has 14 nitrogen and oxygen atoms in total. The van der Waals surface area contributed by atoms with Gasteiger partial charge in [-0.15, -0.1) is 0 Å². The van der Waals surface area contributed by atoms with Crippen LogP contribution in [0.25, 0.3) is 33.1 Å². The standard InChI is InChI=1S/C13H15N3O2.C11H9ClN2O2.C11H11N3O.C2H7N/c1-4-18-13(17)11-12(16(2)3)15-10-8-6-5-7-9(10)14-11;1-2-16-11(15)9-10(12)14-8-6-4-3-5-7(8)13-9;1-14(2)11-10(7-15)12-8-5-3-4-6-9(8)13-11;1-3-2/h5-8H,4H2,1-3H3;3-6H,2H2,1H3;3-7H,1-2H3;3H,1-2H3. The quantitative estimate of drug-likeness (QED) is 0.158. The van der Waals surface area contributed by atoms with Gasteiger partial charge in [0.25, 0.3) is 0 Å². The average Bonchev–Trinajstić information content (AvgIpc) is 3.14. The van der Waals surface area contributed by atoms with Crippen LogP contribution in [0.1, 0.15) is 45.3 Å². The molecule has 0 saturated heterocycles. The number of esters is 2. The fraction of sp³-hybridized carbons (Fsp3) is 0.270. The Bertz CT molecular complexity index is 2130. The summed E-state index contributed by atoms with van der Waals surface area (Å²) >= 11 is 5.86. The first-order valence-electron chi connectivity index (χ1n) is 16.2. The van der Waals surface area contributed by atoms with E-state index in [-0.39, 0.29) is 23.1 Å². The number of ether oxygens (including phenoxy) is 2. The van der Waals surface area contributed by atoms with Gasteiger partial charge in [-0.2, -0.15) is 0 Å². The fourth-order valence-corrected chi connectivity index (χ4v) is 4.57. The van der Waals surface area contributed by atoms with Crippen LogP contribution in [0, 0.1) is 0 Å². The zero-order valence-electron chi connectivity index (χ0n) is 30.4. The van der Waals surface area contributed by atoms with E-state index >= 15 is 0 Å². The maximum absolute atomic E-state index is 11.9. The van der Waals surface area contributed by atoms with Crippen molar-refractivity contribution in [3.8, 4) is 0 Å². The van der Waals surface area contributed by atoms with E-state index in [4.69, 9.17) is 21.1 Å². The molecule has 0 aliphatic rings. The van der Waals surface area contributed by atoms with E-state index in [1.807, 2.05) is 103 Å². The highest BCUT2D eigenvalue weighted by Gasteiger charge is 2.19. The van der Waals surface area contributed by atoms with Crippen LogP contribution in [-0.2, 0) is 9.47 Å². The summed E-state index contributed by atoms with van der Waals surface area (Å²) in [4.78, 5) is 63.3. The molecule has 6 aromatic rings. The van der Waals surface area contributed by atoms with Crippen LogP contribution in [0.5, 0.6) is 0 Å². The minimum atomic E-state index is -0.550. The molecule has 15 heteroatoms. The van der Waals surface area contributed by atoms with Crippen LogP contribution in [0.15, 0.2) is 72.8 Å². The molecule has 0 fully saturated rings. The van der Waals surface area contributed by atoms with Gasteiger partial charge in [0.15, 0.2) is 34.5 Å². The molecule has 3 heterocycles. The fourth-order valence-electron chi connectivity index (χ4n) is 4.36. The molecule has 0 spiro atoms. The Morgan fingerprint density at radius 3 is 1.37 bits per heavy atom. The first-order chi connectivity index (χ1) is 25.0. The lowest BCUT2D eigenvalue weighted by Gasteiger charge is -2.15. The summed E-state index contributed by atoms with van der Waals surface area (Å²) < 4.78 is 9.83. The van der Waals surface area contributed by atoms with Crippen molar-refractivity contribution in [2.45, 2.75) is 13.8 Å². The summed E-state index contributed by atoms with van der Waals surface area (Å²) in [7, 11) is 11.1. The molecular formula is C37H42ClN9O5. The number of carbonyl (C=O) groups is 3. The number of nitrogens with zero attached hydrogens (tertiary/aromatic N) is 8. The number of halogens is 1. The van der Waals surface area contributed by atoms with E-state index in [9.17, 15) is 14.4 Å². The average molecular weight is 728 g/mol. The number of aldehydes is 1. The summed E-state index contributed by atoms with van der Waals surface area (Å²) in [6.45, 7) is 4.09. The number of fused-ring (bicyclic) bond motifs is 3. The maximum atomic E-state index is 11.9. The number of nitrogens with one attached hydrogen (secondary N) is 1. The van der Waals surface area contributed by atoms with Gasteiger partial charge in [0, 0.05) is 28.2 Å². The molecule has 0 bridgehead atoms. The SMILES string of the molecule is CCOC(=O)c1nc2ccccc2nc1Cl.CCOC(=O)c1nc2ccccc2nc1N(C)C.CN(C)c1nc2ccccc2nc1C=O.CNC. The summed E-state index contributed by atoms with van der Waals surface area (Å²) in [5.41, 5.74) is 4.94. The minimum Gasteiger partial charge on any atom is -0.461 e. The van der Waals surface area contributed by atoms with Gasteiger partial charge < -0.3 is 24.6 Å². The third-order valence-corrected chi connectivity index (χ3v) is 6.82. The largest absolute Gasteiger partial charge is 0.461 e. The van der Waals surface area contributed by atoms with Crippen molar-refractivity contribution < 1.29 is 23.9 Å². The Balaban J connectivity index is 0.000000203. The predicted molar refractivity (Wildman–Crippen MR) is 205 cm³/mol. The number of carbonyl (C=O) groups excluding carboxylic acids is 3. The number of benzene rings is 3. The Labute approximate surface area is 307 Å². The number of hydrogen-bond acceptors (Lipinski definition) is 14. The molecule has 6 rings (SSSR count). The Hall–Kier alpha value is -5.86. The molecule has 0 aliphatic heterocycles. The molecule has 0 aliphatic carbocycles. The van der Waals surface area contributed by atoms with E-state index in [1.165, 1.54) is 0 Å². The van der Waals surface area contributed by atoms with E-state index in [2.05, 4.69) is 35.2 Å². The van der Waals surface area contributed by atoms with Crippen LogP contribution in [0.3, 0.4) is 0 Å². The lowest BCUT2D eigenvalue weighted by molar-refractivity contribution is 0.0510. The molecule has 0 radical (unpaired) electrons. The molecule has 0 amide bonds. The van der Waals surface area contributed by atoms with Crippen molar-refractivity contribution in [2.75, 3.05) is 65.3 Å². The summed E-state index contributed by atoms with van der Waals surface area (Å²) in [6, 6.07) is 22.1. The van der Waals surface area contributed by atoms with Gasteiger partial charge in [-0.25, -0.2) is 39.5 Å². The molecule has 0 unspecified atom stereocenters. The first-order valence-corrected chi connectivity index (χ1v) is 16.6. The van der Waals surface area contributed by atoms with E-state index in [0.717, 1.165) is 22.8 Å². The van der Waals surface area contributed by atoms with E-state index in [0.29, 0.717) is 40.5 Å². The predicted octanol–water partition coefficient (Wildman–Crippen LogP) is 5.68. The molecule has 3 aromatic carbocycles. The van der Waals surface area contributed by atoms with Crippen LogP contribution in [0.4, 0.5) is 11.6 Å². The van der Waals surface area contributed by atoms with Crippen LogP contribution in [-0.4, -0.2) is 104 Å². The van der Waals surface area contributed by atoms with Crippen molar-refractivity contribution >= 4 is 74.6 Å². The van der Waals surface area contributed by atoms with Gasteiger partial charge in [-0.1, -0.05) is 48.0 Å². The molecule has 52 heavy (non-hydrogen) atoms. The van der Waals surface area contributed by atoms with Gasteiger partial charge in [0.05, 0.1) is 46.3 Å². The van der Waals surface area contributed by atoms with Gasteiger partial charge in [-0.05, 0) is 64.3 Å². The van der Waals surface area contributed by atoms with Crippen molar-refractivity contribution in [3.63, 3.8) is 0 Å². The second-order valence-corrected chi connectivity index (χ2v) is 11.4. The molecule has 0 saturated carbocycles. The van der Waals surface area contributed by atoms with Crippen LogP contribution >= 0.6 is 11.6 Å². The molecule has 272 valence electrons. The van der Waals surface area contributed by atoms with E-state index < -0.39 is 11.9 Å². The van der Waals surface area contributed by atoms with Gasteiger partial charge in [-0.3, -0.25) is 4.79 Å². The summed E-state index contributed by atoms with van der Waals surface area (Å²) in [5, 5.41) is 2.82. The van der Waals surface area contributed by atoms with Crippen molar-refractivity contribution in [1.29, 1.82) is 0 Å². The second kappa shape index (κ2) is 20.1. The van der Waals surface area contributed by atoms with Crippen molar-refractivity contribution in [2.24, 2.45) is 0 Å². The normalized spacial score (nSPS) is 10.1. The monoisotopic (exact) mass is 727 g/mol. The number of aromatic nitrogens is 6. The number of anilines is 2. The first kappa shape index (κ1) is 40.6. The number of para-hydroxylation sites is 6. The maximum Gasteiger partial charge on any atom is 0.360 e. The Morgan fingerprint density at radius 1 is 0.615 bits per heavy atom. The molecule has 1 N–H and O–H groups in total.